The Bertz CT molecular complexity index is 500. The molecule has 1 aliphatic rings. The van der Waals surface area contributed by atoms with E-state index in [4.69, 9.17) is 5.11 Å². The highest BCUT2D eigenvalue weighted by molar-refractivity contribution is 5.81. The molecular weight excluding hydrogens is 261 g/mol. The Labute approximate surface area is 117 Å². The maximum atomic E-state index is 12.8. The normalized spacial score (nSPS) is 23.3. The molecule has 5 heteroatoms. The number of rotatable bonds is 4. The summed E-state index contributed by atoms with van der Waals surface area (Å²) in [5.41, 5.74) is 0.826. The maximum Gasteiger partial charge on any atom is 0.306 e. The van der Waals surface area contributed by atoms with E-state index in [1.165, 1.54) is 12.1 Å². The number of halogens is 1. The van der Waals surface area contributed by atoms with Crippen molar-refractivity contribution < 1.29 is 19.1 Å². The van der Waals surface area contributed by atoms with E-state index in [2.05, 4.69) is 5.32 Å². The van der Waals surface area contributed by atoms with Crippen molar-refractivity contribution in [1.82, 2.24) is 5.32 Å². The van der Waals surface area contributed by atoms with Gasteiger partial charge in [-0.05, 0) is 43.9 Å². The van der Waals surface area contributed by atoms with Gasteiger partial charge in [-0.2, -0.15) is 0 Å². The van der Waals surface area contributed by atoms with E-state index in [1.54, 1.807) is 12.1 Å². The Balaban J connectivity index is 1.91. The monoisotopic (exact) mass is 279 g/mol. The molecule has 20 heavy (non-hydrogen) atoms. The minimum Gasteiger partial charge on any atom is -0.481 e. The summed E-state index contributed by atoms with van der Waals surface area (Å²) >= 11 is 0. The van der Waals surface area contributed by atoms with Gasteiger partial charge in [-0.3, -0.25) is 9.59 Å². The number of carboxylic acid groups (broad SMARTS) is 1. The average molecular weight is 279 g/mol. The quantitative estimate of drug-likeness (QED) is 0.890. The van der Waals surface area contributed by atoms with E-state index in [0.29, 0.717) is 19.3 Å². The van der Waals surface area contributed by atoms with Crippen molar-refractivity contribution in [3.05, 3.63) is 35.6 Å². The highest BCUT2D eigenvalue weighted by Gasteiger charge is 2.34. The second-order valence-corrected chi connectivity index (χ2v) is 5.33. The van der Waals surface area contributed by atoms with E-state index >= 15 is 0 Å². The Hall–Kier alpha value is -1.91. The molecule has 0 aliphatic heterocycles. The van der Waals surface area contributed by atoms with Crippen LogP contribution in [0.3, 0.4) is 0 Å². The number of carbonyl (C=O) groups is 2. The molecule has 1 aromatic carbocycles. The van der Waals surface area contributed by atoms with Crippen LogP contribution in [0.5, 0.6) is 0 Å². The second-order valence-electron chi connectivity index (χ2n) is 5.33. The minimum absolute atomic E-state index is 0.120. The van der Waals surface area contributed by atoms with Crippen LogP contribution in [-0.2, 0) is 9.59 Å². The van der Waals surface area contributed by atoms with Crippen molar-refractivity contribution in [3.63, 3.8) is 0 Å². The molecule has 1 aliphatic carbocycles. The standard InChI is InChI=1S/C15H18FNO3/c1-9(10-4-6-13(16)7-5-10)17-14(18)11-2-3-12(8-11)15(19)20/h4-7,9,11-12H,2-3,8H2,1H3,(H,17,18)(H,19,20)/t9-,11?,12?/m0/s1. The molecule has 0 radical (unpaired) electrons. The first-order valence-corrected chi connectivity index (χ1v) is 6.76. The maximum absolute atomic E-state index is 12.8. The second kappa shape index (κ2) is 6.03. The molecule has 2 N–H and O–H groups in total. The number of nitrogens with one attached hydrogen (secondary N) is 1. The third-order valence-corrected chi connectivity index (χ3v) is 3.88. The summed E-state index contributed by atoms with van der Waals surface area (Å²) in [4.78, 5) is 23.0. The molecule has 1 aromatic rings. The van der Waals surface area contributed by atoms with E-state index in [-0.39, 0.29) is 23.7 Å². The lowest BCUT2D eigenvalue weighted by atomic mass is 10.0. The van der Waals surface area contributed by atoms with Crippen LogP contribution in [0.2, 0.25) is 0 Å². The van der Waals surface area contributed by atoms with Gasteiger partial charge in [0.05, 0.1) is 12.0 Å². The molecule has 0 aromatic heterocycles. The van der Waals surface area contributed by atoms with Gasteiger partial charge in [0.2, 0.25) is 5.91 Å². The van der Waals surface area contributed by atoms with Crippen molar-refractivity contribution >= 4 is 11.9 Å². The number of amides is 1. The molecule has 2 unspecified atom stereocenters. The SMILES string of the molecule is C[C@H](NC(=O)C1CCC(C(=O)O)C1)c1ccc(F)cc1. The smallest absolute Gasteiger partial charge is 0.306 e. The van der Waals surface area contributed by atoms with Crippen LogP contribution < -0.4 is 5.32 Å². The summed E-state index contributed by atoms with van der Waals surface area (Å²) in [6.07, 6.45) is 1.56. The molecule has 1 saturated carbocycles. The van der Waals surface area contributed by atoms with Crippen molar-refractivity contribution in [2.24, 2.45) is 11.8 Å². The Morgan fingerprint density at radius 3 is 2.40 bits per heavy atom. The van der Waals surface area contributed by atoms with Gasteiger partial charge in [0.15, 0.2) is 0 Å². The van der Waals surface area contributed by atoms with E-state index in [0.717, 1.165) is 5.56 Å². The van der Waals surface area contributed by atoms with Crippen LogP contribution in [-0.4, -0.2) is 17.0 Å². The molecule has 0 heterocycles. The van der Waals surface area contributed by atoms with E-state index < -0.39 is 11.9 Å². The third kappa shape index (κ3) is 3.35. The van der Waals surface area contributed by atoms with Gasteiger partial charge < -0.3 is 10.4 Å². The summed E-state index contributed by atoms with van der Waals surface area (Å²) in [6.45, 7) is 1.83. The lowest BCUT2D eigenvalue weighted by Gasteiger charge is -2.17. The van der Waals surface area contributed by atoms with Gasteiger partial charge in [-0.15, -0.1) is 0 Å². The molecule has 4 nitrogen and oxygen atoms in total. The number of aliphatic carboxylic acids is 1. The van der Waals surface area contributed by atoms with E-state index in [9.17, 15) is 14.0 Å². The van der Waals surface area contributed by atoms with Crippen LogP contribution in [0.15, 0.2) is 24.3 Å². The summed E-state index contributed by atoms with van der Waals surface area (Å²) in [6, 6.07) is 5.76. The van der Waals surface area contributed by atoms with Crippen molar-refractivity contribution in [2.45, 2.75) is 32.2 Å². The fourth-order valence-corrected chi connectivity index (χ4v) is 2.61. The number of carboxylic acids is 1. The molecular formula is C15H18FNO3. The zero-order valence-corrected chi connectivity index (χ0v) is 11.3. The van der Waals surface area contributed by atoms with Gasteiger partial charge >= 0.3 is 5.97 Å². The minimum atomic E-state index is -0.827. The van der Waals surface area contributed by atoms with Gasteiger partial charge in [0.1, 0.15) is 5.82 Å². The van der Waals surface area contributed by atoms with Crippen molar-refractivity contribution in [2.75, 3.05) is 0 Å². The Morgan fingerprint density at radius 2 is 1.85 bits per heavy atom. The van der Waals surface area contributed by atoms with Crippen molar-refractivity contribution in [1.29, 1.82) is 0 Å². The highest BCUT2D eigenvalue weighted by atomic mass is 19.1. The first-order chi connectivity index (χ1) is 9.47. The zero-order chi connectivity index (χ0) is 14.7. The average Bonchev–Trinajstić information content (AvgIpc) is 2.89. The molecule has 108 valence electrons. The van der Waals surface area contributed by atoms with Crippen LogP contribution in [0, 0.1) is 17.7 Å². The fraction of sp³-hybridized carbons (Fsp3) is 0.467. The molecule has 3 atom stereocenters. The largest absolute Gasteiger partial charge is 0.481 e. The number of hydrogen-bond acceptors (Lipinski definition) is 2. The lowest BCUT2D eigenvalue weighted by molar-refractivity contribution is -0.141. The number of hydrogen-bond donors (Lipinski definition) is 2. The van der Waals surface area contributed by atoms with E-state index in [1.807, 2.05) is 6.92 Å². The summed E-state index contributed by atoms with van der Waals surface area (Å²) in [5, 5.41) is 11.8. The zero-order valence-electron chi connectivity index (χ0n) is 11.3. The first-order valence-electron chi connectivity index (χ1n) is 6.76. The topological polar surface area (TPSA) is 66.4 Å². The van der Waals surface area contributed by atoms with Crippen LogP contribution in [0.4, 0.5) is 4.39 Å². The van der Waals surface area contributed by atoms with Crippen molar-refractivity contribution in [3.8, 4) is 0 Å². The summed E-state index contributed by atoms with van der Waals surface area (Å²) in [5.74, 6) is -1.91. The Morgan fingerprint density at radius 1 is 1.25 bits per heavy atom. The van der Waals surface area contributed by atoms with Gasteiger partial charge in [0, 0.05) is 5.92 Å². The molecule has 0 saturated heterocycles. The van der Waals surface area contributed by atoms with Crippen LogP contribution in [0.25, 0.3) is 0 Å². The third-order valence-electron chi connectivity index (χ3n) is 3.88. The molecule has 0 spiro atoms. The molecule has 1 amide bonds. The summed E-state index contributed by atoms with van der Waals surface area (Å²) < 4.78 is 12.8. The Kier molecular flexibility index (Phi) is 4.37. The lowest BCUT2D eigenvalue weighted by Crippen LogP contribution is -2.32. The van der Waals surface area contributed by atoms with Gasteiger partial charge in [-0.1, -0.05) is 12.1 Å². The highest BCUT2D eigenvalue weighted by Crippen LogP contribution is 2.31. The summed E-state index contributed by atoms with van der Waals surface area (Å²) in [7, 11) is 0. The molecule has 0 bridgehead atoms. The molecule has 2 rings (SSSR count). The fourth-order valence-electron chi connectivity index (χ4n) is 2.61. The predicted octanol–water partition coefficient (Wildman–Crippen LogP) is 2.50. The number of benzene rings is 1. The number of carbonyl (C=O) groups excluding carboxylic acids is 1. The first kappa shape index (κ1) is 14.5. The van der Waals surface area contributed by atoms with Gasteiger partial charge in [-0.25, -0.2) is 4.39 Å². The molecule has 1 fully saturated rings. The van der Waals surface area contributed by atoms with Crippen LogP contribution >= 0.6 is 0 Å². The predicted molar refractivity (Wildman–Crippen MR) is 71.4 cm³/mol. The van der Waals surface area contributed by atoms with Gasteiger partial charge in [0.25, 0.3) is 0 Å². The van der Waals surface area contributed by atoms with Crippen LogP contribution in [0.1, 0.15) is 37.8 Å².